The number of nitrogen functional groups attached to an aromatic ring is 1. The van der Waals surface area contributed by atoms with Gasteiger partial charge in [-0.05, 0) is 24.6 Å². The van der Waals surface area contributed by atoms with Crippen molar-refractivity contribution in [1.82, 2.24) is 9.97 Å². The number of hydrogen-bond donors (Lipinski definition) is 1. The van der Waals surface area contributed by atoms with E-state index in [0.717, 1.165) is 16.8 Å². The molecule has 0 bridgehead atoms. The van der Waals surface area contributed by atoms with Crippen LogP contribution in [0, 0.1) is 13.8 Å². The molecule has 0 spiro atoms. The third-order valence-corrected chi connectivity index (χ3v) is 3.34. The fraction of sp³-hybridized carbons (Fsp3) is 0.125. The number of aromatic nitrogens is 2. The fourth-order valence-corrected chi connectivity index (χ4v) is 2.34. The van der Waals surface area contributed by atoms with Crippen molar-refractivity contribution in [3.63, 3.8) is 0 Å². The third kappa shape index (κ3) is 1.93. The fourth-order valence-electron chi connectivity index (χ4n) is 2.34. The minimum absolute atomic E-state index is 0.551. The molecule has 3 nitrogen and oxygen atoms in total. The lowest BCUT2D eigenvalue weighted by Crippen LogP contribution is -2.02. The predicted molar refractivity (Wildman–Crippen MR) is 78.9 cm³/mol. The number of hydrogen-bond acceptors (Lipinski definition) is 3. The Balaban J connectivity index is 2.37. The summed E-state index contributed by atoms with van der Waals surface area (Å²) in [6.07, 6.45) is 0. The van der Waals surface area contributed by atoms with Crippen molar-refractivity contribution in [2.24, 2.45) is 0 Å². The topological polar surface area (TPSA) is 51.8 Å². The van der Waals surface area contributed by atoms with Crippen molar-refractivity contribution in [3.05, 3.63) is 53.9 Å². The molecule has 0 aliphatic heterocycles. The molecule has 2 N–H and O–H groups in total. The average molecular weight is 249 g/mol. The van der Waals surface area contributed by atoms with Crippen LogP contribution in [-0.4, -0.2) is 9.97 Å². The second kappa shape index (κ2) is 4.35. The van der Waals surface area contributed by atoms with Gasteiger partial charge in [0.15, 0.2) is 0 Å². The van der Waals surface area contributed by atoms with Gasteiger partial charge >= 0.3 is 0 Å². The van der Waals surface area contributed by atoms with E-state index < -0.39 is 0 Å². The lowest BCUT2D eigenvalue weighted by atomic mass is 9.99. The van der Waals surface area contributed by atoms with Gasteiger partial charge in [0.2, 0.25) is 0 Å². The van der Waals surface area contributed by atoms with Crippen molar-refractivity contribution >= 4 is 16.6 Å². The quantitative estimate of drug-likeness (QED) is 0.718. The van der Waals surface area contributed by atoms with Crippen LogP contribution in [0.1, 0.15) is 11.4 Å². The number of fused-ring (bicyclic) bond motifs is 1. The van der Waals surface area contributed by atoms with Gasteiger partial charge in [0.1, 0.15) is 11.6 Å². The lowest BCUT2D eigenvalue weighted by molar-refractivity contribution is 1.05. The number of nitrogens with zero attached hydrogens (tertiary/aromatic N) is 2. The summed E-state index contributed by atoms with van der Waals surface area (Å²) in [7, 11) is 0. The molecule has 0 radical (unpaired) electrons. The van der Waals surface area contributed by atoms with Crippen LogP contribution in [0.4, 0.5) is 5.82 Å². The van der Waals surface area contributed by atoms with Crippen molar-refractivity contribution in [3.8, 4) is 11.3 Å². The summed E-state index contributed by atoms with van der Waals surface area (Å²) in [6, 6.07) is 14.5. The van der Waals surface area contributed by atoms with E-state index in [1.54, 1.807) is 0 Å². The van der Waals surface area contributed by atoms with Crippen LogP contribution in [-0.2, 0) is 0 Å². The van der Waals surface area contributed by atoms with E-state index in [0.29, 0.717) is 11.6 Å². The van der Waals surface area contributed by atoms with Crippen LogP contribution in [0.25, 0.3) is 22.0 Å². The number of anilines is 1. The molecular weight excluding hydrogens is 234 g/mol. The first-order valence-electron chi connectivity index (χ1n) is 6.25. The summed E-state index contributed by atoms with van der Waals surface area (Å²) in [5, 5.41) is 2.39. The zero-order valence-electron chi connectivity index (χ0n) is 11.0. The summed E-state index contributed by atoms with van der Waals surface area (Å²) in [5.41, 5.74) is 8.91. The Kier molecular flexibility index (Phi) is 2.67. The van der Waals surface area contributed by atoms with Crippen LogP contribution in [0.5, 0.6) is 0 Å². The maximum atomic E-state index is 5.95. The maximum absolute atomic E-state index is 5.95. The molecule has 0 saturated heterocycles. The van der Waals surface area contributed by atoms with Crippen LogP contribution in [0.2, 0.25) is 0 Å². The second-order valence-electron chi connectivity index (χ2n) is 4.66. The normalized spacial score (nSPS) is 10.8. The molecule has 0 saturated carbocycles. The summed E-state index contributed by atoms with van der Waals surface area (Å²) < 4.78 is 0. The smallest absolute Gasteiger partial charge is 0.130 e. The average Bonchev–Trinajstić information content (AvgIpc) is 2.42. The highest BCUT2D eigenvalue weighted by atomic mass is 14.9. The molecule has 3 heteroatoms. The Morgan fingerprint density at radius 1 is 0.895 bits per heavy atom. The molecule has 1 heterocycles. The van der Waals surface area contributed by atoms with Gasteiger partial charge in [-0.1, -0.05) is 42.5 Å². The molecule has 0 unspecified atom stereocenters. The molecule has 0 aliphatic carbocycles. The monoisotopic (exact) mass is 249 g/mol. The van der Waals surface area contributed by atoms with E-state index in [4.69, 9.17) is 5.73 Å². The van der Waals surface area contributed by atoms with E-state index in [1.807, 2.05) is 32.0 Å². The number of nitrogens with two attached hydrogens (primary N) is 1. The van der Waals surface area contributed by atoms with Crippen molar-refractivity contribution < 1.29 is 0 Å². The molecule has 0 aliphatic rings. The Hall–Kier alpha value is -2.42. The predicted octanol–water partition coefficient (Wildman–Crippen LogP) is 3.50. The number of benzene rings is 2. The Bertz CT molecular complexity index is 758. The third-order valence-electron chi connectivity index (χ3n) is 3.34. The first-order chi connectivity index (χ1) is 9.16. The van der Waals surface area contributed by atoms with Gasteiger partial charge in [-0.3, -0.25) is 0 Å². The summed E-state index contributed by atoms with van der Waals surface area (Å²) in [6.45, 7) is 3.83. The van der Waals surface area contributed by atoms with Gasteiger partial charge in [-0.25, -0.2) is 9.97 Å². The number of rotatable bonds is 1. The molecule has 3 rings (SSSR count). The first kappa shape index (κ1) is 11.7. The molecule has 3 aromatic rings. The summed E-state index contributed by atoms with van der Waals surface area (Å²) in [5.74, 6) is 1.25. The molecule has 2 aromatic carbocycles. The van der Waals surface area contributed by atoms with Gasteiger partial charge in [-0.15, -0.1) is 0 Å². The minimum atomic E-state index is 0.551. The first-order valence-corrected chi connectivity index (χ1v) is 6.25. The number of aryl methyl sites for hydroxylation is 1. The van der Waals surface area contributed by atoms with E-state index in [-0.39, 0.29) is 0 Å². The molecule has 0 fully saturated rings. The second-order valence-corrected chi connectivity index (χ2v) is 4.66. The largest absolute Gasteiger partial charge is 0.383 e. The minimum Gasteiger partial charge on any atom is -0.383 e. The van der Waals surface area contributed by atoms with Gasteiger partial charge in [0.25, 0.3) is 0 Å². The van der Waals surface area contributed by atoms with Crippen LogP contribution < -0.4 is 5.73 Å². The van der Waals surface area contributed by atoms with Gasteiger partial charge < -0.3 is 5.73 Å². The van der Waals surface area contributed by atoms with Crippen molar-refractivity contribution in [2.75, 3.05) is 5.73 Å². The molecule has 94 valence electrons. The van der Waals surface area contributed by atoms with E-state index in [9.17, 15) is 0 Å². The SMILES string of the molecule is Cc1nc(N)c(C)c(-c2cccc3ccccc23)n1. The molecule has 19 heavy (non-hydrogen) atoms. The van der Waals surface area contributed by atoms with E-state index >= 15 is 0 Å². The highest BCUT2D eigenvalue weighted by Crippen LogP contribution is 2.30. The lowest BCUT2D eigenvalue weighted by Gasteiger charge is -2.11. The van der Waals surface area contributed by atoms with Crippen LogP contribution in [0.15, 0.2) is 42.5 Å². The van der Waals surface area contributed by atoms with Crippen molar-refractivity contribution in [2.45, 2.75) is 13.8 Å². The zero-order valence-corrected chi connectivity index (χ0v) is 11.0. The van der Waals surface area contributed by atoms with Crippen molar-refractivity contribution in [1.29, 1.82) is 0 Å². The highest BCUT2D eigenvalue weighted by molar-refractivity contribution is 5.96. The van der Waals surface area contributed by atoms with Gasteiger partial charge in [0, 0.05) is 11.1 Å². The van der Waals surface area contributed by atoms with E-state index in [1.165, 1.54) is 10.8 Å². The highest BCUT2D eigenvalue weighted by Gasteiger charge is 2.11. The van der Waals surface area contributed by atoms with Gasteiger partial charge in [-0.2, -0.15) is 0 Å². The van der Waals surface area contributed by atoms with Gasteiger partial charge in [0.05, 0.1) is 5.69 Å². The zero-order chi connectivity index (χ0) is 13.4. The summed E-state index contributed by atoms with van der Waals surface area (Å²) >= 11 is 0. The molecule has 0 atom stereocenters. The molecule has 0 amide bonds. The maximum Gasteiger partial charge on any atom is 0.130 e. The molecule has 1 aromatic heterocycles. The Morgan fingerprint density at radius 2 is 1.63 bits per heavy atom. The van der Waals surface area contributed by atoms with Crippen LogP contribution in [0.3, 0.4) is 0 Å². The van der Waals surface area contributed by atoms with Crippen LogP contribution >= 0.6 is 0 Å². The van der Waals surface area contributed by atoms with E-state index in [2.05, 4.69) is 34.2 Å². The Morgan fingerprint density at radius 3 is 2.47 bits per heavy atom. The Labute approximate surface area is 112 Å². The summed E-state index contributed by atoms with van der Waals surface area (Å²) in [4.78, 5) is 8.77. The molecular formula is C16H15N3. The standard InChI is InChI=1S/C16H15N3/c1-10-15(18-11(2)19-16(10)17)14-9-5-7-12-6-3-4-8-13(12)14/h3-9H,1-2H3,(H2,17,18,19).